The molecule has 36 heavy (non-hydrogen) atoms. The van der Waals surface area contributed by atoms with E-state index in [1.54, 1.807) is 13.8 Å². The lowest BCUT2D eigenvalue weighted by Crippen LogP contribution is -2.43. The summed E-state index contributed by atoms with van der Waals surface area (Å²) in [5.74, 6) is -1.78. The Labute approximate surface area is 213 Å². The Balaban J connectivity index is 1.94. The van der Waals surface area contributed by atoms with E-state index in [9.17, 15) is 24.1 Å². The Morgan fingerprint density at radius 3 is 2.64 bits per heavy atom. The van der Waals surface area contributed by atoms with E-state index in [0.29, 0.717) is 4.57 Å². The van der Waals surface area contributed by atoms with Gasteiger partial charge in [0.05, 0.1) is 19.6 Å². The standard InChI is InChI=1S/C22H29FN3O9P/c1-13(2)33-19(29)14(3)25-36(31,35-15-8-6-5-7-9-15)32-12-16-18(28)22(4,23)20(34-16)26-11-10-17(27)24-21(26)30/h5-11,13-14,16,18,20,28H,12H2,1-4H3,(H,25,31)(H,24,27,30)/t14-,16-,18+,20+,22+,36?/m0/s1/i5D,6D,7D,8D,9D. The lowest BCUT2D eigenvalue weighted by Gasteiger charge is -2.25. The molecule has 198 valence electrons. The third-order valence-electron chi connectivity index (χ3n) is 4.98. The summed E-state index contributed by atoms with van der Waals surface area (Å²) < 4.78 is 90.7. The van der Waals surface area contributed by atoms with Gasteiger partial charge in [-0.05, 0) is 39.8 Å². The van der Waals surface area contributed by atoms with Crippen molar-refractivity contribution in [3.8, 4) is 5.75 Å². The van der Waals surface area contributed by atoms with Crippen LogP contribution in [0.4, 0.5) is 4.39 Å². The minimum absolute atomic E-state index is 0.563. The number of aliphatic hydroxyl groups excluding tert-OH is 1. The van der Waals surface area contributed by atoms with Crippen molar-refractivity contribution in [2.45, 2.75) is 63.9 Å². The zero-order valence-corrected chi connectivity index (χ0v) is 20.6. The molecule has 1 aromatic heterocycles. The molecule has 6 atom stereocenters. The number of nitrogens with one attached hydrogen (secondary N) is 2. The lowest BCUT2D eigenvalue weighted by atomic mass is 9.98. The molecule has 0 aliphatic carbocycles. The van der Waals surface area contributed by atoms with Crippen molar-refractivity contribution in [2.75, 3.05) is 6.61 Å². The number of hydrogen-bond donors (Lipinski definition) is 3. The normalized spacial score (nSPS) is 28.3. The van der Waals surface area contributed by atoms with E-state index >= 15 is 4.39 Å². The SMILES string of the molecule is [2H]c1c([2H])c([2H])c(OP(=O)(N[C@@H](C)C(=O)OC(C)C)OC[C@@H]2O[C@@H](n3ccc(=O)[nH]c3=O)[C@](C)(F)[C@@H]2O)c([2H])c1[2H]. The molecule has 3 rings (SSSR count). The molecule has 1 aromatic carbocycles. The molecule has 1 saturated heterocycles. The summed E-state index contributed by atoms with van der Waals surface area (Å²) in [6.45, 7) is 4.36. The van der Waals surface area contributed by atoms with Crippen LogP contribution in [0.2, 0.25) is 0 Å². The Morgan fingerprint density at radius 2 is 2.03 bits per heavy atom. The number of carbonyl (C=O) groups is 1. The highest BCUT2D eigenvalue weighted by molar-refractivity contribution is 7.52. The Morgan fingerprint density at radius 1 is 1.36 bits per heavy atom. The zero-order chi connectivity index (χ0) is 31.0. The summed E-state index contributed by atoms with van der Waals surface area (Å²) in [7, 11) is -4.88. The van der Waals surface area contributed by atoms with Crippen LogP contribution in [0, 0.1) is 0 Å². The molecule has 14 heteroatoms. The summed E-state index contributed by atoms with van der Waals surface area (Å²) in [5.41, 5.74) is -4.42. The first-order valence-electron chi connectivity index (χ1n) is 13.2. The fourth-order valence-corrected chi connectivity index (χ4v) is 4.69. The van der Waals surface area contributed by atoms with Crippen molar-refractivity contribution in [3.63, 3.8) is 0 Å². The smallest absolute Gasteiger partial charge is 0.459 e. The molecule has 0 radical (unpaired) electrons. The molecular weight excluding hydrogens is 500 g/mol. The molecule has 2 aromatic rings. The Hall–Kier alpha value is -2.83. The van der Waals surface area contributed by atoms with Gasteiger partial charge in [-0.2, -0.15) is 5.09 Å². The van der Waals surface area contributed by atoms with E-state index in [-0.39, 0.29) is 0 Å². The van der Waals surface area contributed by atoms with E-state index < -0.39 is 104 Å². The van der Waals surface area contributed by atoms with Crippen molar-refractivity contribution < 1.29 is 44.2 Å². The maximum atomic E-state index is 15.6. The maximum absolute atomic E-state index is 15.6. The average Bonchev–Trinajstić information content (AvgIpc) is 3.10. The lowest BCUT2D eigenvalue weighted by molar-refractivity contribution is -0.149. The van der Waals surface area contributed by atoms with Crippen LogP contribution in [-0.2, 0) is 23.4 Å². The second-order valence-corrected chi connectivity index (χ2v) is 10.0. The number of benzene rings is 1. The molecule has 1 aliphatic rings. The van der Waals surface area contributed by atoms with Crippen molar-refractivity contribution in [1.29, 1.82) is 0 Å². The van der Waals surface area contributed by atoms with Gasteiger partial charge in [0.15, 0.2) is 11.9 Å². The minimum Gasteiger partial charge on any atom is -0.462 e. The van der Waals surface area contributed by atoms with Crippen molar-refractivity contribution in [1.82, 2.24) is 14.6 Å². The number of nitrogens with zero attached hydrogens (tertiary/aromatic N) is 1. The van der Waals surface area contributed by atoms with E-state index in [4.69, 9.17) is 25.4 Å². The first kappa shape index (κ1) is 21.3. The third kappa shape index (κ3) is 6.48. The molecule has 12 nitrogen and oxygen atoms in total. The minimum atomic E-state index is -4.88. The van der Waals surface area contributed by atoms with Gasteiger partial charge in [-0.1, -0.05) is 18.1 Å². The van der Waals surface area contributed by atoms with Crippen molar-refractivity contribution >= 4 is 13.7 Å². The fraction of sp³-hybridized carbons (Fsp3) is 0.500. The highest BCUT2D eigenvalue weighted by Crippen LogP contribution is 2.47. The number of para-hydroxylation sites is 1. The van der Waals surface area contributed by atoms with Crippen LogP contribution in [0.15, 0.2) is 52.1 Å². The first-order chi connectivity index (χ1) is 18.9. The number of hydrogen-bond acceptors (Lipinski definition) is 9. The molecule has 2 heterocycles. The molecular formula is C22H29FN3O9P. The van der Waals surface area contributed by atoms with Crippen LogP contribution < -0.4 is 20.9 Å². The average molecular weight is 534 g/mol. The van der Waals surface area contributed by atoms with Crippen LogP contribution in [0.3, 0.4) is 0 Å². The summed E-state index contributed by atoms with van der Waals surface area (Å²) in [4.78, 5) is 37.9. The number of rotatable bonds is 10. The summed E-state index contributed by atoms with van der Waals surface area (Å²) in [6, 6.07) is -4.57. The van der Waals surface area contributed by atoms with Crippen LogP contribution in [-0.4, -0.2) is 57.3 Å². The van der Waals surface area contributed by atoms with Crippen LogP contribution in [0.1, 0.15) is 40.8 Å². The first-order valence-corrected chi connectivity index (χ1v) is 12.3. The van der Waals surface area contributed by atoms with Gasteiger partial charge in [-0.15, -0.1) is 0 Å². The summed E-state index contributed by atoms with van der Waals surface area (Å²) in [5, 5.41) is 12.9. The van der Waals surface area contributed by atoms with Gasteiger partial charge >= 0.3 is 19.4 Å². The largest absolute Gasteiger partial charge is 0.462 e. The number of aromatic nitrogens is 2. The molecule has 0 bridgehead atoms. The van der Waals surface area contributed by atoms with Gasteiger partial charge < -0.3 is 19.1 Å². The van der Waals surface area contributed by atoms with E-state index in [1.807, 2.05) is 4.98 Å². The van der Waals surface area contributed by atoms with Crippen molar-refractivity contribution in [3.05, 3.63) is 63.3 Å². The maximum Gasteiger partial charge on any atom is 0.459 e. The second kappa shape index (κ2) is 11.1. The number of aliphatic hydroxyl groups is 1. The topological polar surface area (TPSA) is 158 Å². The van der Waals surface area contributed by atoms with Gasteiger partial charge in [0.1, 0.15) is 24.0 Å². The molecule has 1 aliphatic heterocycles. The number of ether oxygens (including phenoxy) is 2. The molecule has 0 amide bonds. The van der Waals surface area contributed by atoms with Crippen LogP contribution >= 0.6 is 7.75 Å². The zero-order valence-electron chi connectivity index (χ0n) is 24.7. The predicted octanol–water partition coefficient (Wildman–Crippen LogP) is 1.66. The molecule has 1 unspecified atom stereocenters. The van der Waals surface area contributed by atoms with Gasteiger partial charge in [-0.25, -0.2) is 13.8 Å². The van der Waals surface area contributed by atoms with Gasteiger partial charge in [-0.3, -0.25) is 23.7 Å². The number of H-pyrrole nitrogens is 1. The highest BCUT2D eigenvalue weighted by atomic mass is 31.2. The highest BCUT2D eigenvalue weighted by Gasteiger charge is 2.55. The second-order valence-electron chi connectivity index (χ2n) is 8.32. The quantitative estimate of drug-likeness (QED) is 0.302. The number of halogens is 1. The third-order valence-corrected chi connectivity index (χ3v) is 6.59. The summed E-state index contributed by atoms with van der Waals surface area (Å²) >= 11 is 0. The Kier molecular flexibility index (Phi) is 6.53. The number of alkyl halides is 1. The summed E-state index contributed by atoms with van der Waals surface area (Å²) in [6.07, 6.45) is -4.96. The number of aromatic amines is 1. The predicted molar refractivity (Wildman–Crippen MR) is 125 cm³/mol. The van der Waals surface area contributed by atoms with E-state index in [0.717, 1.165) is 19.2 Å². The number of esters is 1. The fourth-order valence-electron chi connectivity index (χ4n) is 3.25. The van der Waals surface area contributed by atoms with E-state index in [2.05, 4.69) is 5.09 Å². The van der Waals surface area contributed by atoms with Gasteiger partial charge in [0.25, 0.3) is 5.56 Å². The van der Waals surface area contributed by atoms with Crippen LogP contribution in [0.25, 0.3) is 0 Å². The van der Waals surface area contributed by atoms with Gasteiger partial charge in [0, 0.05) is 12.3 Å². The van der Waals surface area contributed by atoms with Gasteiger partial charge in [0.2, 0.25) is 0 Å². The monoisotopic (exact) mass is 534 g/mol. The molecule has 0 spiro atoms. The number of carbonyl (C=O) groups excluding carboxylic acids is 1. The molecule has 0 saturated carbocycles. The van der Waals surface area contributed by atoms with Crippen LogP contribution in [0.5, 0.6) is 5.75 Å². The van der Waals surface area contributed by atoms with Crippen molar-refractivity contribution in [2.24, 2.45) is 0 Å². The van der Waals surface area contributed by atoms with E-state index in [1.165, 1.54) is 6.92 Å². The molecule has 3 N–H and O–H groups in total. The Bertz CT molecular complexity index is 1460. The molecule has 1 fully saturated rings.